The van der Waals surface area contributed by atoms with Crippen molar-refractivity contribution in [3.8, 4) is 5.75 Å². The molecule has 3 rings (SSSR count). The Kier molecular flexibility index (Phi) is 5.50. The number of aliphatic carboxylic acids is 1. The van der Waals surface area contributed by atoms with Gasteiger partial charge in [-0.25, -0.2) is 0 Å². The zero-order chi connectivity index (χ0) is 18.8. The highest BCUT2D eigenvalue weighted by atomic mass is 35.5. The zero-order valence-corrected chi connectivity index (χ0v) is 15.9. The first kappa shape index (κ1) is 18.7. The summed E-state index contributed by atoms with van der Waals surface area (Å²) in [6.07, 6.45) is 1.03. The number of fused-ring (bicyclic) bond motifs is 1. The second-order valence-corrected chi connectivity index (χ2v) is 7.41. The highest BCUT2D eigenvalue weighted by Crippen LogP contribution is 2.34. The molecule has 6 nitrogen and oxygen atoms in total. The molecule has 0 amide bonds. The van der Waals surface area contributed by atoms with Crippen molar-refractivity contribution in [1.82, 2.24) is 9.55 Å². The fraction of sp³-hybridized carbons (Fsp3) is 0.235. The molecule has 0 saturated carbocycles. The van der Waals surface area contributed by atoms with Gasteiger partial charge in [0.25, 0.3) is 0 Å². The van der Waals surface area contributed by atoms with Gasteiger partial charge in [0, 0.05) is 18.8 Å². The SMILES string of the molecule is C[C@H](Oc1cc2sc(=O)n(CCC(=O)O)c2cc1Cl)c1ccc(Cl)cn1. The maximum atomic E-state index is 12.1. The average molecular weight is 413 g/mol. The van der Waals surface area contributed by atoms with Crippen LogP contribution in [0.15, 0.2) is 35.3 Å². The van der Waals surface area contributed by atoms with E-state index in [4.69, 9.17) is 33.0 Å². The molecule has 9 heteroatoms. The molecule has 0 spiro atoms. The highest BCUT2D eigenvalue weighted by molar-refractivity contribution is 7.16. The molecule has 26 heavy (non-hydrogen) atoms. The molecule has 0 aliphatic carbocycles. The quantitative estimate of drug-likeness (QED) is 0.649. The van der Waals surface area contributed by atoms with Crippen LogP contribution >= 0.6 is 34.5 Å². The Hall–Kier alpha value is -2.09. The molecule has 1 N–H and O–H groups in total. The molecule has 0 saturated heterocycles. The summed E-state index contributed by atoms with van der Waals surface area (Å²) >= 11 is 13.2. The fourth-order valence-corrected chi connectivity index (χ4v) is 3.69. The smallest absolute Gasteiger partial charge is 0.308 e. The molecule has 0 radical (unpaired) electrons. The van der Waals surface area contributed by atoms with Gasteiger partial charge in [0.05, 0.1) is 32.4 Å². The van der Waals surface area contributed by atoms with Crippen molar-refractivity contribution in [2.24, 2.45) is 0 Å². The predicted molar refractivity (Wildman–Crippen MR) is 102 cm³/mol. The summed E-state index contributed by atoms with van der Waals surface area (Å²) in [5.41, 5.74) is 1.29. The lowest BCUT2D eigenvalue weighted by atomic mass is 10.2. The number of carboxylic acid groups (broad SMARTS) is 1. The van der Waals surface area contributed by atoms with Crippen LogP contribution in [0.5, 0.6) is 5.75 Å². The number of carboxylic acids is 1. The topological polar surface area (TPSA) is 81.4 Å². The van der Waals surface area contributed by atoms with Crippen molar-refractivity contribution in [2.45, 2.75) is 26.0 Å². The molecular formula is C17H14Cl2N2O4S. The third-order valence-electron chi connectivity index (χ3n) is 3.74. The molecule has 136 valence electrons. The molecular weight excluding hydrogens is 399 g/mol. The second-order valence-electron chi connectivity index (χ2n) is 5.58. The first-order valence-corrected chi connectivity index (χ1v) is 9.25. The Morgan fingerprint density at radius 3 is 2.81 bits per heavy atom. The number of ether oxygens (including phenoxy) is 1. The van der Waals surface area contributed by atoms with E-state index in [1.165, 1.54) is 10.8 Å². The van der Waals surface area contributed by atoms with E-state index in [0.717, 1.165) is 11.3 Å². The van der Waals surface area contributed by atoms with Crippen molar-refractivity contribution < 1.29 is 14.6 Å². The van der Waals surface area contributed by atoms with Crippen molar-refractivity contribution in [2.75, 3.05) is 0 Å². The lowest BCUT2D eigenvalue weighted by Gasteiger charge is -2.15. The summed E-state index contributed by atoms with van der Waals surface area (Å²) in [6, 6.07) is 6.80. The summed E-state index contributed by atoms with van der Waals surface area (Å²) < 4.78 is 7.98. The van der Waals surface area contributed by atoms with Crippen LogP contribution in [0.1, 0.15) is 25.1 Å². The normalized spacial score (nSPS) is 12.3. The van der Waals surface area contributed by atoms with Gasteiger partial charge in [-0.2, -0.15) is 0 Å². The maximum Gasteiger partial charge on any atom is 0.308 e. The monoisotopic (exact) mass is 412 g/mol. The molecule has 0 aliphatic heterocycles. The van der Waals surface area contributed by atoms with Gasteiger partial charge in [-0.15, -0.1) is 0 Å². The van der Waals surface area contributed by atoms with Crippen molar-refractivity contribution in [3.05, 3.63) is 55.9 Å². The van der Waals surface area contributed by atoms with Gasteiger partial charge in [-0.1, -0.05) is 34.5 Å². The number of carbonyl (C=O) groups is 1. The minimum Gasteiger partial charge on any atom is -0.483 e. The first-order chi connectivity index (χ1) is 12.3. The van der Waals surface area contributed by atoms with Crippen LogP contribution in [0.4, 0.5) is 0 Å². The van der Waals surface area contributed by atoms with Gasteiger partial charge in [0.2, 0.25) is 0 Å². The molecule has 0 bridgehead atoms. The van der Waals surface area contributed by atoms with E-state index in [1.807, 2.05) is 6.92 Å². The number of aromatic nitrogens is 2. The molecule has 0 fully saturated rings. The van der Waals surface area contributed by atoms with Gasteiger partial charge in [-0.05, 0) is 25.1 Å². The minimum absolute atomic E-state index is 0.0931. The first-order valence-electron chi connectivity index (χ1n) is 7.68. The molecule has 0 aliphatic rings. The molecule has 2 heterocycles. The van der Waals surface area contributed by atoms with Gasteiger partial charge < -0.3 is 9.84 Å². The van der Waals surface area contributed by atoms with Gasteiger partial charge in [-0.3, -0.25) is 19.1 Å². The Morgan fingerprint density at radius 1 is 1.38 bits per heavy atom. The van der Waals surface area contributed by atoms with Gasteiger partial charge >= 0.3 is 10.8 Å². The van der Waals surface area contributed by atoms with Crippen LogP contribution in [0.2, 0.25) is 10.0 Å². The van der Waals surface area contributed by atoms with Crippen LogP contribution in [-0.4, -0.2) is 20.6 Å². The number of hydrogen-bond acceptors (Lipinski definition) is 5. The Morgan fingerprint density at radius 2 is 2.15 bits per heavy atom. The third kappa shape index (κ3) is 4.00. The van der Waals surface area contributed by atoms with Crippen LogP contribution in [0.25, 0.3) is 10.2 Å². The zero-order valence-electron chi connectivity index (χ0n) is 13.6. The number of hydrogen-bond donors (Lipinski definition) is 1. The van der Waals surface area contributed by atoms with E-state index in [-0.39, 0.29) is 23.9 Å². The van der Waals surface area contributed by atoms with E-state index in [2.05, 4.69) is 4.98 Å². The van der Waals surface area contributed by atoms with E-state index in [1.54, 1.807) is 24.3 Å². The predicted octanol–water partition coefficient (Wildman–Crippen LogP) is 4.38. The molecule has 2 aromatic heterocycles. The van der Waals surface area contributed by atoms with Crippen molar-refractivity contribution in [1.29, 1.82) is 0 Å². The number of thiazole rings is 1. The Bertz CT molecular complexity index is 1010. The number of aryl methyl sites for hydroxylation is 1. The second kappa shape index (κ2) is 7.65. The Labute approximate surface area is 162 Å². The van der Waals surface area contributed by atoms with Crippen LogP contribution in [-0.2, 0) is 11.3 Å². The summed E-state index contributed by atoms with van der Waals surface area (Å²) in [5, 5.41) is 9.69. The minimum atomic E-state index is -0.966. The summed E-state index contributed by atoms with van der Waals surface area (Å²) in [7, 11) is 0. The van der Waals surface area contributed by atoms with E-state index in [9.17, 15) is 9.59 Å². The largest absolute Gasteiger partial charge is 0.483 e. The third-order valence-corrected chi connectivity index (χ3v) is 5.20. The molecule has 3 aromatic rings. The Balaban J connectivity index is 1.90. The van der Waals surface area contributed by atoms with E-state index >= 15 is 0 Å². The number of halogens is 2. The van der Waals surface area contributed by atoms with E-state index < -0.39 is 5.97 Å². The fourth-order valence-electron chi connectivity index (χ4n) is 2.45. The number of benzene rings is 1. The van der Waals surface area contributed by atoms with Gasteiger partial charge in [0.1, 0.15) is 11.9 Å². The van der Waals surface area contributed by atoms with Gasteiger partial charge in [0.15, 0.2) is 0 Å². The van der Waals surface area contributed by atoms with Crippen LogP contribution < -0.4 is 9.61 Å². The molecule has 0 unspecified atom stereocenters. The average Bonchev–Trinajstić information content (AvgIpc) is 2.88. The standard InChI is InChI=1S/C17H14Cl2N2O4S/c1-9(12-3-2-10(18)8-20-12)25-14-7-15-13(6-11(14)19)21(17(24)26-15)5-4-16(22)23/h2-3,6-9H,4-5H2,1H3,(H,22,23)/t9-/m0/s1. The summed E-state index contributed by atoms with van der Waals surface area (Å²) in [6.45, 7) is 1.92. The number of nitrogens with zero attached hydrogens (tertiary/aromatic N) is 2. The highest BCUT2D eigenvalue weighted by Gasteiger charge is 2.16. The lowest BCUT2D eigenvalue weighted by molar-refractivity contribution is -0.137. The van der Waals surface area contributed by atoms with Crippen LogP contribution in [0.3, 0.4) is 0 Å². The van der Waals surface area contributed by atoms with E-state index in [0.29, 0.717) is 31.7 Å². The van der Waals surface area contributed by atoms with Crippen molar-refractivity contribution in [3.63, 3.8) is 0 Å². The molecule has 1 atom stereocenters. The van der Waals surface area contributed by atoms with Crippen molar-refractivity contribution >= 4 is 50.7 Å². The maximum absolute atomic E-state index is 12.1. The summed E-state index contributed by atoms with van der Waals surface area (Å²) in [5.74, 6) is -0.540. The number of pyridine rings is 1. The number of rotatable bonds is 6. The molecule has 1 aromatic carbocycles. The summed E-state index contributed by atoms with van der Waals surface area (Å²) in [4.78, 5) is 26.9. The van der Waals surface area contributed by atoms with Crippen LogP contribution in [0, 0.1) is 0 Å². The lowest BCUT2D eigenvalue weighted by Crippen LogP contribution is -2.15.